The van der Waals surface area contributed by atoms with Crippen LogP contribution < -0.4 is 4.31 Å². The zero-order valence-electron chi connectivity index (χ0n) is 14.4. The Morgan fingerprint density at radius 1 is 1.31 bits per heavy atom. The lowest BCUT2D eigenvalue weighted by atomic mass is 10.1. The molecule has 1 aromatic carbocycles. The molecular weight excluding hydrogens is 375 g/mol. The summed E-state index contributed by atoms with van der Waals surface area (Å²) >= 11 is 1.30. The van der Waals surface area contributed by atoms with E-state index in [1.807, 2.05) is 24.3 Å². The van der Waals surface area contributed by atoms with Crippen LogP contribution in [0.2, 0.25) is 0 Å². The number of aromatic nitrogens is 1. The van der Waals surface area contributed by atoms with Gasteiger partial charge in [0.2, 0.25) is 16.0 Å². The van der Waals surface area contributed by atoms with E-state index in [0.717, 1.165) is 10.1 Å². The summed E-state index contributed by atoms with van der Waals surface area (Å²) in [4.78, 5) is 3.51. The highest BCUT2D eigenvalue weighted by atomic mass is 32.2. The molecule has 138 valence electrons. The zero-order chi connectivity index (χ0) is 18.9. The number of nitrogens with zero attached hydrogens (tertiary/aromatic N) is 2. The Bertz CT molecular complexity index is 1030. The molecule has 0 amide bonds. The molecule has 1 atom stereocenters. The minimum Gasteiger partial charge on any atom is -0.389 e. The van der Waals surface area contributed by atoms with Crippen molar-refractivity contribution >= 4 is 36.4 Å². The molecule has 0 bridgehead atoms. The van der Waals surface area contributed by atoms with E-state index in [2.05, 4.69) is 4.98 Å². The van der Waals surface area contributed by atoms with Crippen molar-refractivity contribution in [2.45, 2.75) is 26.5 Å². The third-order valence-electron chi connectivity index (χ3n) is 4.08. The van der Waals surface area contributed by atoms with Gasteiger partial charge in [-0.3, -0.25) is 4.31 Å². The van der Waals surface area contributed by atoms with Gasteiger partial charge in [0, 0.05) is 21.8 Å². The average Bonchev–Trinajstić information content (AvgIpc) is 2.98. The summed E-state index contributed by atoms with van der Waals surface area (Å²) in [6, 6.07) is 10.3. The number of rotatable bonds is 6. The van der Waals surface area contributed by atoms with Crippen LogP contribution in [0.25, 0.3) is 10.1 Å². The average molecular weight is 394 g/mol. The Hall–Kier alpha value is -2.03. The van der Waals surface area contributed by atoms with E-state index in [-0.39, 0.29) is 12.3 Å². The van der Waals surface area contributed by atoms with Crippen LogP contribution in [0.3, 0.4) is 0 Å². The number of thiophene rings is 1. The van der Waals surface area contributed by atoms with Crippen LogP contribution in [0.4, 0.5) is 9.39 Å². The maximum atomic E-state index is 13.5. The highest BCUT2D eigenvalue weighted by molar-refractivity contribution is 7.92. The summed E-state index contributed by atoms with van der Waals surface area (Å²) in [5.74, 6) is -0.767. The first-order valence-electron chi connectivity index (χ1n) is 8.14. The van der Waals surface area contributed by atoms with Crippen molar-refractivity contribution in [1.82, 2.24) is 4.98 Å². The number of hydrogen-bond acceptors (Lipinski definition) is 5. The standard InChI is InChI=1S/C18H19FN2O3S2/c1-3-26(23,24)21(11-13-8-9-20-16(19)10-13)18-17(12(2)22)14-6-4-5-7-15(14)25-18/h4-10,12,22H,3,11H2,1-2H3. The van der Waals surface area contributed by atoms with E-state index in [1.54, 1.807) is 19.9 Å². The molecule has 2 aromatic heterocycles. The third kappa shape index (κ3) is 3.58. The van der Waals surface area contributed by atoms with Crippen molar-refractivity contribution in [2.24, 2.45) is 0 Å². The van der Waals surface area contributed by atoms with E-state index in [9.17, 15) is 17.9 Å². The second kappa shape index (κ2) is 7.30. The van der Waals surface area contributed by atoms with Crippen LogP contribution in [-0.2, 0) is 16.6 Å². The van der Waals surface area contributed by atoms with E-state index in [1.165, 1.54) is 27.9 Å². The van der Waals surface area contributed by atoms with Crippen LogP contribution in [0.1, 0.15) is 31.1 Å². The van der Waals surface area contributed by atoms with Crippen molar-refractivity contribution in [2.75, 3.05) is 10.1 Å². The number of hydrogen-bond donors (Lipinski definition) is 1. The summed E-state index contributed by atoms with van der Waals surface area (Å²) in [7, 11) is -3.64. The SMILES string of the molecule is CCS(=O)(=O)N(Cc1ccnc(F)c1)c1sc2ccccc2c1C(C)O. The topological polar surface area (TPSA) is 70.5 Å². The quantitative estimate of drug-likeness (QED) is 0.645. The molecule has 26 heavy (non-hydrogen) atoms. The number of anilines is 1. The second-order valence-corrected chi connectivity index (χ2v) is 9.10. The van der Waals surface area contributed by atoms with Gasteiger partial charge in [0.1, 0.15) is 5.00 Å². The number of sulfonamides is 1. The number of aliphatic hydroxyl groups excluding tert-OH is 1. The van der Waals surface area contributed by atoms with Gasteiger partial charge in [0.05, 0.1) is 18.4 Å². The molecular formula is C18H19FN2O3S2. The monoisotopic (exact) mass is 394 g/mol. The minimum atomic E-state index is -3.64. The van der Waals surface area contributed by atoms with E-state index in [4.69, 9.17) is 0 Å². The van der Waals surface area contributed by atoms with Crippen molar-refractivity contribution in [3.8, 4) is 0 Å². The maximum absolute atomic E-state index is 13.5. The maximum Gasteiger partial charge on any atom is 0.235 e. The van der Waals surface area contributed by atoms with Crippen LogP contribution in [0.15, 0.2) is 42.6 Å². The van der Waals surface area contributed by atoms with E-state index < -0.39 is 22.1 Å². The Balaban J connectivity index is 2.19. The molecule has 3 rings (SSSR count). The summed E-state index contributed by atoms with van der Waals surface area (Å²) in [6.45, 7) is 3.15. The third-order valence-corrected chi connectivity index (χ3v) is 7.11. The number of halogens is 1. The number of fused-ring (bicyclic) bond motifs is 1. The molecule has 0 radical (unpaired) electrons. The largest absolute Gasteiger partial charge is 0.389 e. The number of aliphatic hydroxyl groups is 1. The van der Waals surface area contributed by atoms with Crippen LogP contribution >= 0.6 is 11.3 Å². The van der Waals surface area contributed by atoms with Crippen LogP contribution in [-0.4, -0.2) is 24.3 Å². The molecule has 2 heterocycles. The van der Waals surface area contributed by atoms with Crippen molar-refractivity contribution in [3.63, 3.8) is 0 Å². The summed E-state index contributed by atoms with van der Waals surface area (Å²) in [5.41, 5.74) is 1.06. The molecule has 1 N–H and O–H groups in total. The molecule has 0 aliphatic rings. The Morgan fingerprint density at radius 3 is 2.69 bits per heavy atom. The molecule has 8 heteroatoms. The Kier molecular flexibility index (Phi) is 5.27. The molecule has 3 aromatic rings. The number of pyridine rings is 1. The predicted molar refractivity (Wildman–Crippen MR) is 102 cm³/mol. The first-order chi connectivity index (χ1) is 12.3. The summed E-state index contributed by atoms with van der Waals surface area (Å²) < 4.78 is 41.2. The summed E-state index contributed by atoms with van der Waals surface area (Å²) in [6.07, 6.45) is 0.465. The van der Waals surface area contributed by atoms with Gasteiger partial charge in [-0.05, 0) is 37.6 Å². The van der Waals surface area contributed by atoms with Gasteiger partial charge in [-0.25, -0.2) is 13.4 Å². The number of benzene rings is 1. The first-order valence-corrected chi connectivity index (χ1v) is 10.6. The van der Waals surface area contributed by atoms with Crippen LogP contribution in [0.5, 0.6) is 0 Å². The summed E-state index contributed by atoms with van der Waals surface area (Å²) in [5, 5.41) is 11.6. The van der Waals surface area contributed by atoms with E-state index >= 15 is 0 Å². The van der Waals surface area contributed by atoms with Gasteiger partial charge in [0.25, 0.3) is 0 Å². The van der Waals surface area contributed by atoms with Gasteiger partial charge in [-0.2, -0.15) is 4.39 Å². The fourth-order valence-electron chi connectivity index (χ4n) is 2.80. The second-order valence-electron chi connectivity index (χ2n) is 5.89. The zero-order valence-corrected chi connectivity index (χ0v) is 16.0. The fourth-order valence-corrected chi connectivity index (χ4v) is 5.46. The van der Waals surface area contributed by atoms with Gasteiger partial charge in [-0.1, -0.05) is 18.2 Å². The fraction of sp³-hybridized carbons (Fsp3) is 0.278. The highest BCUT2D eigenvalue weighted by Crippen LogP contribution is 2.43. The molecule has 0 saturated carbocycles. The lowest BCUT2D eigenvalue weighted by Gasteiger charge is -2.24. The van der Waals surface area contributed by atoms with E-state index in [0.29, 0.717) is 16.1 Å². The Labute approximate surface area is 155 Å². The lowest BCUT2D eigenvalue weighted by molar-refractivity contribution is 0.201. The first kappa shape index (κ1) is 18.8. The molecule has 0 spiro atoms. The van der Waals surface area contributed by atoms with Crippen molar-refractivity contribution < 1.29 is 17.9 Å². The highest BCUT2D eigenvalue weighted by Gasteiger charge is 2.28. The van der Waals surface area contributed by atoms with Gasteiger partial charge < -0.3 is 5.11 Å². The van der Waals surface area contributed by atoms with Crippen molar-refractivity contribution in [1.29, 1.82) is 0 Å². The normalized spacial score (nSPS) is 13.1. The van der Waals surface area contributed by atoms with Crippen molar-refractivity contribution in [3.05, 3.63) is 59.7 Å². The Morgan fingerprint density at radius 2 is 2.04 bits per heavy atom. The molecule has 0 saturated heterocycles. The van der Waals surface area contributed by atoms with Crippen LogP contribution in [0, 0.1) is 5.95 Å². The molecule has 0 aliphatic heterocycles. The smallest absolute Gasteiger partial charge is 0.235 e. The molecule has 0 aliphatic carbocycles. The molecule has 1 unspecified atom stereocenters. The molecule has 5 nitrogen and oxygen atoms in total. The lowest BCUT2D eigenvalue weighted by Crippen LogP contribution is -2.32. The molecule has 0 fully saturated rings. The van der Waals surface area contributed by atoms with Gasteiger partial charge in [0.15, 0.2) is 0 Å². The van der Waals surface area contributed by atoms with Gasteiger partial charge in [-0.15, -0.1) is 11.3 Å². The predicted octanol–water partition coefficient (Wildman–Crippen LogP) is 3.85. The minimum absolute atomic E-state index is 0.0256. The van der Waals surface area contributed by atoms with Gasteiger partial charge >= 0.3 is 0 Å².